The highest BCUT2D eigenvalue weighted by molar-refractivity contribution is 7.09. The molecule has 18 heavy (non-hydrogen) atoms. The Morgan fingerprint density at radius 1 is 1.61 bits per heavy atom. The number of carbonyl (C=O) groups is 1. The minimum atomic E-state index is -0.411. The summed E-state index contributed by atoms with van der Waals surface area (Å²) in [6.07, 6.45) is 2.34. The Labute approximate surface area is 112 Å². The average Bonchev–Trinajstić information content (AvgIpc) is 2.89. The van der Waals surface area contributed by atoms with Gasteiger partial charge in [0.2, 0.25) is 5.91 Å². The molecule has 5 heteroatoms. The fraction of sp³-hybridized carbons (Fsp3) is 0.615. The summed E-state index contributed by atoms with van der Waals surface area (Å²) in [7, 11) is 0. The molecule has 4 nitrogen and oxygen atoms in total. The summed E-state index contributed by atoms with van der Waals surface area (Å²) in [5, 5.41) is 13.5. The molecule has 2 heterocycles. The van der Waals surface area contributed by atoms with E-state index in [1.165, 1.54) is 11.3 Å². The lowest BCUT2D eigenvalue weighted by Crippen LogP contribution is -2.41. The van der Waals surface area contributed by atoms with Gasteiger partial charge >= 0.3 is 0 Å². The number of aliphatic hydroxyl groups is 1. The molecular weight excluding hydrogens is 248 g/mol. The Balaban J connectivity index is 1.76. The minimum Gasteiger partial charge on any atom is -0.387 e. The van der Waals surface area contributed by atoms with Crippen LogP contribution in [0.15, 0.2) is 17.5 Å². The number of nitrogens with one attached hydrogen (secondary N) is 1. The second-order valence-electron chi connectivity index (χ2n) is 4.78. The van der Waals surface area contributed by atoms with Gasteiger partial charge in [-0.3, -0.25) is 9.69 Å². The highest BCUT2D eigenvalue weighted by atomic mass is 32.1. The molecule has 1 aromatic rings. The molecule has 1 atom stereocenters. The van der Waals surface area contributed by atoms with Crippen molar-refractivity contribution in [1.29, 1.82) is 0 Å². The summed E-state index contributed by atoms with van der Waals surface area (Å²) in [4.78, 5) is 14.9. The monoisotopic (exact) mass is 268 g/mol. The zero-order valence-electron chi connectivity index (χ0n) is 10.5. The number of aliphatic hydroxyl groups excluding tert-OH is 1. The molecule has 0 radical (unpaired) electrons. The molecule has 2 N–H and O–H groups in total. The summed E-state index contributed by atoms with van der Waals surface area (Å²) in [5.74, 6) is 0.236. The predicted molar refractivity (Wildman–Crippen MR) is 72.4 cm³/mol. The lowest BCUT2D eigenvalue weighted by Gasteiger charge is -2.32. The molecule has 1 aliphatic rings. The molecule has 1 amide bonds. The van der Waals surface area contributed by atoms with Crippen LogP contribution in [0.5, 0.6) is 0 Å². The van der Waals surface area contributed by atoms with E-state index in [0.29, 0.717) is 12.5 Å². The van der Waals surface area contributed by atoms with Gasteiger partial charge in [-0.15, -0.1) is 11.3 Å². The number of nitrogens with zero attached hydrogens (tertiary/aromatic N) is 1. The van der Waals surface area contributed by atoms with Crippen molar-refractivity contribution in [3.05, 3.63) is 22.4 Å². The van der Waals surface area contributed by atoms with Crippen molar-refractivity contribution in [2.75, 3.05) is 26.2 Å². The average molecular weight is 268 g/mol. The van der Waals surface area contributed by atoms with Crippen LogP contribution in [0.25, 0.3) is 0 Å². The van der Waals surface area contributed by atoms with Gasteiger partial charge in [-0.2, -0.15) is 0 Å². The lowest BCUT2D eigenvalue weighted by molar-refractivity contribution is -0.124. The van der Waals surface area contributed by atoms with Gasteiger partial charge in [-0.25, -0.2) is 0 Å². The van der Waals surface area contributed by atoms with Crippen molar-refractivity contribution in [3.63, 3.8) is 0 Å². The molecule has 0 bridgehead atoms. The SMILES string of the molecule is O=C(CO)NCC1CCCN(Cc2cccs2)C1. The van der Waals surface area contributed by atoms with Crippen LogP contribution < -0.4 is 5.32 Å². The molecule has 0 spiro atoms. The maximum atomic E-state index is 11.0. The number of carbonyl (C=O) groups excluding carboxylic acids is 1. The number of likely N-dealkylation sites (tertiary alicyclic amines) is 1. The quantitative estimate of drug-likeness (QED) is 0.840. The third-order valence-corrected chi connectivity index (χ3v) is 4.16. The third kappa shape index (κ3) is 4.08. The second kappa shape index (κ2) is 6.87. The molecule has 0 aromatic carbocycles. The number of thiophene rings is 1. The van der Waals surface area contributed by atoms with E-state index in [2.05, 4.69) is 27.7 Å². The maximum Gasteiger partial charge on any atom is 0.245 e. The lowest BCUT2D eigenvalue weighted by atomic mass is 9.98. The molecule has 1 aliphatic heterocycles. The molecule has 100 valence electrons. The normalized spacial score (nSPS) is 20.8. The third-order valence-electron chi connectivity index (χ3n) is 3.29. The molecule has 0 aliphatic carbocycles. The van der Waals surface area contributed by atoms with Crippen LogP contribution >= 0.6 is 11.3 Å². The highest BCUT2D eigenvalue weighted by Gasteiger charge is 2.20. The van der Waals surface area contributed by atoms with Crippen molar-refractivity contribution in [1.82, 2.24) is 10.2 Å². The van der Waals surface area contributed by atoms with Crippen molar-refractivity contribution in [2.45, 2.75) is 19.4 Å². The van der Waals surface area contributed by atoms with E-state index < -0.39 is 6.61 Å². The van der Waals surface area contributed by atoms with Crippen molar-refractivity contribution in [2.24, 2.45) is 5.92 Å². The number of hydrogen-bond donors (Lipinski definition) is 2. The van der Waals surface area contributed by atoms with Crippen molar-refractivity contribution < 1.29 is 9.90 Å². The van der Waals surface area contributed by atoms with Crippen molar-refractivity contribution in [3.8, 4) is 0 Å². The Kier molecular flexibility index (Phi) is 5.16. The van der Waals surface area contributed by atoms with Crippen LogP contribution in [0.1, 0.15) is 17.7 Å². The number of hydrogen-bond acceptors (Lipinski definition) is 4. The van der Waals surface area contributed by atoms with Gasteiger partial charge in [-0.1, -0.05) is 6.07 Å². The molecule has 1 fully saturated rings. The van der Waals surface area contributed by atoms with E-state index in [1.54, 1.807) is 11.3 Å². The van der Waals surface area contributed by atoms with Gasteiger partial charge < -0.3 is 10.4 Å². The first-order valence-corrected chi connectivity index (χ1v) is 7.28. The highest BCUT2D eigenvalue weighted by Crippen LogP contribution is 2.19. The van der Waals surface area contributed by atoms with Gasteiger partial charge in [0, 0.05) is 24.5 Å². The Morgan fingerprint density at radius 3 is 3.22 bits per heavy atom. The summed E-state index contributed by atoms with van der Waals surface area (Å²) in [6, 6.07) is 4.25. The smallest absolute Gasteiger partial charge is 0.245 e. The van der Waals surface area contributed by atoms with E-state index in [9.17, 15) is 4.79 Å². The Bertz CT molecular complexity index is 367. The molecular formula is C13H20N2O2S. The molecule has 1 unspecified atom stereocenters. The standard InChI is InChI=1S/C13H20N2O2S/c16-10-13(17)14-7-11-3-1-5-15(8-11)9-12-4-2-6-18-12/h2,4,6,11,16H,1,3,5,7-10H2,(H,14,17). The van der Waals surface area contributed by atoms with E-state index in [4.69, 9.17) is 5.11 Å². The van der Waals surface area contributed by atoms with Crippen molar-refractivity contribution >= 4 is 17.2 Å². The minimum absolute atomic E-state index is 0.273. The van der Waals surface area contributed by atoms with Crippen LogP contribution in [0, 0.1) is 5.92 Å². The molecule has 1 aromatic heterocycles. The first kappa shape index (κ1) is 13.5. The predicted octanol–water partition coefficient (Wildman–Crippen LogP) is 1.07. The van der Waals surface area contributed by atoms with Crippen LogP contribution in [0.2, 0.25) is 0 Å². The van der Waals surface area contributed by atoms with E-state index in [-0.39, 0.29) is 5.91 Å². The second-order valence-corrected chi connectivity index (χ2v) is 5.82. The molecule has 0 saturated carbocycles. The number of rotatable bonds is 5. The fourth-order valence-electron chi connectivity index (χ4n) is 2.40. The van der Waals surface area contributed by atoms with Crippen LogP contribution in [0.4, 0.5) is 0 Å². The molecule has 1 saturated heterocycles. The maximum absolute atomic E-state index is 11.0. The summed E-state index contributed by atoms with van der Waals surface area (Å²) >= 11 is 1.80. The fourth-order valence-corrected chi connectivity index (χ4v) is 3.14. The van der Waals surface area contributed by atoms with Gasteiger partial charge in [0.1, 0.15) is 6.61 Å². The largest absolute Gasteiger partial charge is 0.387 e. The number of amides is 1. The van der Waals surface area contributed by atoms with Gasteiger partial charge in [0.25, 0.3) is 0 Å². The van der Waals surface area contributed by atoms with Gasteiger partial charge in [0.15, 0.2) is 0 Å². The zero-order chi connectivity index (χ0) is 12.8. The summed E-state index contributed by atoms with van der Waals surface area (Å²) in [5.41, 5.74) is 0. The van der Waals surface area contributed by atoms with E-state index in [1.807, 2.05) is 0 Å². The topological polar surface area (TPSA) is 52.6 Å². The Hall–Kier alpha value is -0.910. The van der Waals surface area contributed by atoms with Gasteiger partial charge in [-0.05, 0) is 36.8 Å². The summed E-state index contributed by atoms with van der Waals surface area (Å²) < 4.78 is 0. The number of piperidine rings is 1. The van der Waals surface area contributed by atoms with E-state index >= 15 is 0 Å². The first-order chi connectivity index (χ1) is 8.78. The van der Waals surface area contributed by atoms with Gasteiger partial charge in [0.05, 0.1) is 0 Å². The summed E-state index contributed by atoms with van der Waals surface area (Å²) in [6.45, 7) is 3.46. The zero-order valence-corrected chi connectivity index (χ0v) is 11.3. The van der Waals surface area contributed by atoms with Crippen LogP contribution in [0.3, 0.4) is 0 Å². The van der Waals surface area contributed by atoms with E-state index in [0.717, 1.165) is 26.1 Å². The molecule has 2 rings (SSSR count). The Morgan fingerprint density at radius 2 is 2.50 bits per heavy atom. The van der Waals surface area contributed by atoms with Crippen LogP contribution in [-0.2, 0) is 11.3 Å². The first-order valence-electron chi connectivity index (χ1n) is 6.40. The van der Waals surface area contributed by atoms with Crippen LogP contribution in [-0.4, -0.2) is 42.2 Å².